The molecule has 0 bridgehead atoms. The Labute approximate surface area is 91.7 Å². The van der Waals surface area contributed by atoms with Gasteiger partial charge in [-0.3, -0.25) is 10.1 Å². The Morgan fingerprint density at radius 2 is 2.60 bits per heavy atom. The van der Waals surface area contributed by atoms with Crippen molar-refractivity contribution >= 4 is 21.5 Å². The zero-order valence-electron chi connectivity index (χ0n) is 8.27. The topological polar surface area (TPSA) is 68.1 Å². The van der Waals surface area contributed by atoms with Crippen LogP contribution in [0.5, 0.6) is 0 Å². The van der Waals surface area contributed by atoms with E-state index in [9.17, 15) is 10.1 Å². The van der Waals surface area contributed by atoms with Crippen molar-refractivity contribution in [2.45, 2.75) is 25.8 Å². The smallest absolute Gasteiger partial charge is 0.345 e. The summed E-state index contributed by atoms with van der Waals surface area (Å²) >= 11 is 0.994. The van der Waals surface area contributed by atoms with Gasteiger partial charge in [-0.15, -0.1) is 6.42 Å². The van der Waals surface area contributed by atoms with Gasteiger partial charge in [-0.2, -0.15) is 0 Å². The summed E-state index contributed by atoms with van der Waals surface area (Å²) in [6, 6.07) is -0.110. The molecule has 0 spiro atoms. The molecule has 0 radical (unpaired) electrons. The predicted octanol–water partition coefficient (Wildman–Crippen LogP) is 2.27. The van der Waals surface area contributed by atoms with E-state index in [2.05, 4.69) is 16.2 Å². The monoisotopic (exact) mass is 225 g/mol. The van der Waals surface area contributed by atoms with Crippen LogP contribution >= 0.6 is 11.3 Å². The number of hydrogen-bond acceptors (Lipinski definition) is 5. The minimum absolute atomic E-state index is 0.0183. The minimum Gasteiger partial charge on any atom is -0.348 e. The minimum atomic E-state index is -0.465. The van der Waals surface area contributed by atoms with Crippen LogP contribution in [-0.2, 0) is 0 Å². The number of aromatic nitrogens is 1. The Morgan fingerprint density at radius 1 is 1.87 bits per heavy atom. The van der Waals surface area contributed by atoms with E-state index in [0.29, 0.717) is 5.13 Å². The van der Waals surface area contributed by atoms with Crippen molar-refractivity contribution in [1.29, 1.82) is 0 Å². The van der Waals surface area contributed by atoms with Crippen molar-refractivity contribution in [2.75, 3.05) is 5.32 Å². The van der Waals surface area contributed by atoms with Crippen molar-refractivity contribution in [3.05, 3.63) is 16.3 Å². The highest BCUT2D eigenvalue weighted by molar-refractivity contribution is 7.18. The van der Waals surface area contributed by atoms with Crippen molar-refractivity contribution in [2.24, 2.45) is 0 Å². The molecular weight excluding hydrogens is 214 g/mol. The Balaban J connectivity index is 2.64. The van der Waals surface area contributed by atoms with E-state index in [4.69, 9.17) is 6.42 Å². The molecule has 1 unspecified atom stereocenters. The first-order valence-electron chi connectivity index (χ1n) is 4.50. The Kier molecular flexibility index (Phi) is 4.06. The largest absolute Gasteiger partial charge is 0.348 e. The maximum Gasteiger partial charge on any atom is 0.345 e. The van der Waals surface area contributed by atoms with Gasteiger partial charge in [0.2, 0.25) is 0 Å². The molecule has 0 aliphatic heterocycles. The van der Waals surface area contributed by atoms with Crippen LogP contribution in [-0.4, -0.2) is 15.9 Å². The number of nitrogens with one attached hydrogen (secondary N) is 1. The molecule has 1 aromatic heterocycles. The van der Waals surface area contributed by atoms with Crippen molar-refractivity contribution < 1.29 is 4.92 Å². The highest BCUT2D eigenvalue weighted by Gasteiger charge is 2.13. The third-order valence-corrected chi connectivity index (χ3v) is 2.63. The number of rotatable bonds is 5. The molecule has 0 aliphatic carbocycles. The fraction of sp³-hybridized carbons (Fsp3) is 0.444. The fourth-order valence-electron chi connectivity index (χ4n) is 1.05. The van der Waals surface area contributed by atoms with E-state index >= 15 is 0 Å². The van der Waals surface area contributed by atoms with Crippen LogP contribution in [0.15, 0.2) is 6.20 Å². The molecule has 5 nitrogen and oxygen atoms in total. The Bertz CT molecular complexity index is 383. The highest BCUT2D eigenvalue weighted by Crippen LogP contribution is 2.25. The van der Waals surface area contributed by atoms with E-state index in [1.54, 1.807) is 0 Å². The zero-order valence-corrected chi connectivity index (χ0v) is 9.08. The molecule has 0 aromatic carbocycles. The van der Waals surface area contributed by atoms with Crippen LogP contribution in [0.1, 0.15) is 19.8 Å². The molecule has 1 rings (SSSR count). The second-order valence-corrected chi connectivity index (χ2v) is 3.92. The first-order chi connectivity index (χ1) is 7.17. The molecule has 0 fully saturated rings. The lowest BCUT2D eigenvalue weighted by molar-refractivity contribution is -0.380. The first kappa shape index (κ1) is 11.5. The molecule has 1 heterocycles. The summed E-state index contributed by atoms with van der Waals surface area (Å²) in [4.78, 5) is 13.8. The highest BCUT2D eigenvalue weighted by atomic mass is 32.1. The lowest BCUT2D eigenvalue weighted by Gasteiger charge is -2.09. The normalized spacial score (nSPS) is 11.7. The number of nitrogens with zero attached hydrogens (tertiary/aromatic N) is 2. The molecule has 1 N–H and O–H groups in total. The van der Waals surface area contributed by atoms with Gasteiger partial charge in [0.25, 0.3) is 0 Å². The van der Waals surface area contributed by atoms with Gasteiger partial charge in [-0.1, -0.05) is 19.3 Å². The summed E-state index contributed by atoms with van der Waals surface area (Å²) < 4.78 is 0. The van der Waals surface area contributed by atoms with E-state index in [-0.39, 0.29) is 11.0 Å². The van der Waals surface area contributed by atoms with E-state index in [0.717, 1.165) is 24.2 Å². The van der Waals surface area contributed by atoms with E-state index in [1.165, 1.54) is 6.20 Å². The van der Waals surface area contributed by atoms with Gasteiger partial charge in [0.1, 0.15) is 6.20 Å². The Hall–Kier alpha value is -1.61. The third-order valence-electron chi connectivity index (χ3n) is 1.75. The average molecular weight is 225 g/mol. The second kappa shape index (κ2) is 5.32. The summed E-state index contributed by atoms with van der Waals surface area (Å²) in [5.41, 5.74) is 0. The SMILES string of the molecule is C#CC(CCC)Nc1ncc([N+](=O)[O-])s1. The molecule has 0 saturated heterocycles. The van der Waals surface area contributed by atoms with Crippen molar-refractivity contribution in [3.63, 3.8) is 0 Å². The molecule has 0 aliphatic rings. The number of hydrogen-bond donors (Lipinski definition) is 1. The third kappa shape index (κ3) is 3.22. The van der Waals surface area contributed by atoms with Crippen LogP contribution in [0.2, 0.25) is 0 Å². The molecular formula is C9H11N3O2S. The maximum atomic E-state index is 10.4. The Morgan fingerprint density at radius 3 is 3.07 bits per heavy atom. The van der Waals surface area contributed by atoms with E-state index in [1.807, 2.05) is 6.92 Å². The van der Waals surface area contributed by atoms with Gasteiger partial charge in [-0.25, -0.2) is 4.98 Å². The van der Waals surface area contributed by atoms with Crippen LogP contribution in [0, 0.1) is 22.5 Å². The molecule has 6 heteroatoms. The van der Waals surface area contributed by atoms with Gasteiger partial charge < -0.3 is 5.32 Å². The summed E-state index contributed by atoms with van der Waals surface area (Å²) in [7, 11) is 0. The lowest BCUT2D eigenvalue weighted by atomic mass is 10.2. The number of nitro groups is 1. The van der Waals surface area contributed by atoms with Crippen LogP contribution in [0.3, 0.4) is 0 Å². The van der Waals surface area contributed by atoms with Crippen LogP contribution < -0.4 is 5.32 Å². The van der Waals surface area contributed by atoms with Gasteiger partial charge in [0, 0.05) is 0 Å². The number of anilines is 1. The first-order valence-corrected chi connectivity index (χ1v) is 5.32. The maximum absolute atomic E-state index is 10.4. The summed E-state index contributed by atoms with van der Waals surface area (Å²) in [6.07, 6.45) is 8.31. The van der Waals surface area contributed by atoms with Gasteiger partial charge in [0.15, 0.2) is 5.13 Å². The van der Waals surface area contributed by atoms with Gasteiger partial charge in [0.05, 0.1) is 11.0 Å². The quantitative estimate of drug-likeness (QED) is 0.474. The molecule has 0 saturated carbocycles. The van der Waals surface area contributed by atoms with Crippen LogP contribution in [0.4, 0.5) is 10.1 Å². The standard InChI is InChI=1S/C9H11N3O2S/c1-3-5-7(4-2)11-9-10-6-8(15-9)12(13)14/h2,6-7H,3,5H2,1H3,(H,10,11). The molecule has 1 aromatic rings. The molecule has 15 heavy (non-hydrogen) atoms. The number of thiazole rings is 1. The van der Waals surface area contributed by atoms with Gasteiger partial charge >= 0.3 is 5.00 Å². The molecule has 80 valence electrons. The van der Waals surface area contributed by atoms with Crippen molar-refractivity contribution in [3.8, 4) is 12.3 Å². The van der Waals surface area contributed by atoms with E-state index < -0.39 is 4.92 Å². The van der Waals surface area contributed by atoms with Crippen molar-refractivity contribution in [1.82, 2.24) is 4.98 Å². The van der Waals surface area contributed by atoms with Crippen LogP contribution in [0.25, 0.3) is 0 Å². The predicted molar refractivity (Wildman–Crippen MR) is 59.9 cm³/mol. The van der Waals surface area contributed by atoms with Gasteiger partial charge in [-0.05, 0) is 17.8 Å². The fourth-order valence-corrected chi connectivity index (χ4v) is 1.74. The summed E-state index contributed by atoms with van der Waals surface area (Å²) in [5, 5.41) is 13.9. The molecule has 0 amide bonds. The number of terminal acetylenes is 1. The lowest BCUT2D eigenvalue weighted by Crippen LogP contribution is -2.16. The average Bonchev–Trinajstić information content (AvgIpc) is 2.65. The summed E-state index contributed by atoms with van der Waals surface area (Å²) in [5.74, 6) is 2.58. The zero-order chi connectivity index (χ0) is 11.3. The summed E-state index contributed by atoms with van der Waals surface area (Å²) in [6.45, 7) is 2.02. The second-order valence-electron chi connectivity index (χ2n) is 2.91. The molecule has 1 atom stereocenters.